The smallest absolute Gasteiger partial charge is 0.0669 e. The largest absolute Gasteiger partial charge is 0.392 e. The summed E-state index contributed by atoms with van der Waals surface area (Å²) in [6.07, 6.45) is 11.5. The molecule has 1 aliphatic heterocycles. The first-order valence-electron chi connectivity index (χ1n) is 8.91. The Morgan fingerprint density at radius 2 is 2.00 bits per heavy atom. The van der Waals surface area contributed by atoms with Crippen molar-refractivity contribution in [3.8, 4) is 0 Å². The monoisotopic (exact) mass is 282 g/mol. The second kappa shape index (κ2) is 9.01. The average Bonchev–Trinajstić information content (AvgIpc) is 3.09. The minimum atomic E-state index is -0.114. The first-order valence-corrected chi connectivity index (χ1v) is 8.91. The van der Waals surface area contributed by atoms with Crippen LogP contribution in [0.2, 0.25) is 0 Å². The fourth-order valence-corrected chi connectivity index (χ4v) is 3.87. The van der Waals surface area contributed by atoms with Gasteiger partial charge >= 0.3 is 0 Å². The molecule has 2 aliphatic rings. The fourth-order valence-electron chi connectivity index (χ4n) is 3.87. The molecule has 0 aromatic heterocycles. The Kier molecular flexibility index (Phi) is 7.32. The quantitative estimate of drug-likeness (QED) is 0.682. The van der Waals surface area contributed by atoms with Gasteiger partial charge in [-0.05, 0) is 44.7 Å². The third kappa shape index (κ3) is 5.71. The van der Waals surface area contributed by atoms with Crippen LogP contribution in [0.15, 0.2) is 0 Å². The summed E-state index contributed by atoms with van der Waals surface area (Å²) in [6.45, 7) is 6.59. The van der Waals surface area contributed by atoms with Gasteiger partial charge in [-0.15, -0.1) is 0 Å². The molecule has 0 aromatic carbocycles. The molecule has 0 bridgehead atoms. The highest BCUT2D eigenvalue weighted by Crippen LogP contribution is 2.28. The number of aliphatic hydroxyl groups excluding tert-OH is 1. The molecule has 118 valence electrons. The summed E-state index contributed by atoms with van der Waals surface area (Å²) in [5, 5.41) is 14.0. The van der Waals surface area contributed by atoms with Gasteiger partial charge in [-0.25, -0.2) is 0 Å². The van der Waals surface area contributed by atoms with Crippen molar-refractivity contribution in [2.24, 2.45) is 5.92 Å². The Bertz CT molecular complexity index is 247. The first kappa shape index (κ1) is 16.3. The molecule has 0 spiro atoms. The van der Waals surface area contributed by atoms with E-state index in [0.29, 0.717) is 6.04 Å². The van der Waals surface area contributed by atoms with Gasteiger partial charge in [0.05, 0.1) is 6.10 Å². The molecule has 1 aliphatic carbocycles. The maximum absolute atomic E-state index is 10.4. The van der Waals surface area contributed by atoms with Gasteiger partial charge in [0.15, 0.2) is 0 Å². The minimum Gasteiger partial charge on any atom is -0.392 e. The topological polar surface area (TPSA) is 35.5 Å². The Morgan fingerprint density at radius 1 is 1.20 bits per heavy atom. The molecule has 20 heavy (non-hydrogen) atoms. The van der Waals surface area contributed by atoms with E-state index in [-0.39, 0.29) is 6.10 Å². The number of rotatable bonds is 9. The van der Waals surface area contributed by atoms with Gasteiger partial charge in [0.25, 0.3) is 0 Å². The zero-order valence-electron chi connectivity index (χ0n) is 13.3. The van der Waals surface area contributed by atoms with E-state index >= 15 is 0 Å². The van der Waals surface area contributed by atoms with E-state index in [9.17, 15) is 5.11 Å². The zero-order chi connectivity index (χ0) is 14.2. The van der Waals surface area contributed by atoms with Crippen LogP contribution in [0, 0.1) is 5.92 Å². The van der Waals surface area contributed by atoms with E-state index in [0.717, 1.165) is 32.0 Å². The van der Waals surface area contributed by atoms with Crippen molar-refractivity contribution < 1.29 is 5.11 Å². The molecule has 2 unspecified atom stereocenters. The number of hydrogen-bond acceptors (Lipinski definition) is 3. The van der Waals surface area contributed by atoms with Crippen LogP contribution in [0.25, 0.3) is 0 Å². The van der Waals surface area contributed by atoms with Crippen LogP contribution in [0.1, 0.15) is 64.7 Å². The van der Waals surface area contributed by atoms with Crippen LogP contribution >= 0.6 is 0 Å². The highest BCUT2D eigenvalue weighted by Gasteiger charge is 2.22. The van der Waals surface area contributed by atoms with E-state index < -0.39 is 0 Å². The Hall–Kier alpha value is -0.120. The van der Waals surface area contributed by atoms with Crippen molar-refractivity contribution >= 4 is 0 Å². The lowest BCUT2D eigenvalue weighted by Gasteiger charge is -2.28. The van der Waals surface area contributed by atoms with E-state index in [1.54, 1.807) is 0 Å². The van der Waals surface area contributed by atoms with Gasteiger partial charge in [0, 0.05) is 19.1 Å². The van der Waals surface area contributed by atoms with Gasteiger partial charge in [-0.2, -0.15) is 0 Å². The average molecular weight is 282 g/mol. The lowest BCUT2D eigenvalue weighted by molar-refractivity contribution is 0.0865. The highest BCUT2D eigenvalue weighted by atomic mass is 16.3. The molecular weight excluding hydrogens is 248 g/mol. The molecule has 1 saturated carbocycles. The third-order valence-corrected chi connectivity index (χ3v) is 5.02. The molecule has 2 atom stereocenters. The third-order valence-electron chi connectivity index (χ3n) is 5.02. The number of nitrogens with zero attached hydrogens (tertiary/aromatic N) is 1. The second-order valence-corrected chi connectivity index (χ2v) is 6.95. The van der Waals surface area contributed by atoms with Crippen LogP contribution < -0.4 is 5.32 Å². The number of unbranched alkanes of at least 4 members (excludes halogenated alkanes) is 1. The van der Waals surface area contributed by atoms with Crippen molar-refractivity contribution in [3.63, 3.8) is 0 Å². The van der Waals surface area contributed by atoms with E-state index in [1.165, 1.54) is 57.9 Å². The van der Waals surface area contributed by atoms with Crippen LogP contribution in [0.5, 0.6) is 0 Å². The molecule has 0 amide bonds. The molecule has 2 fully saturated rings. The van der Waals surface area contributed by atoms with E-state index in [2.05, 4.69) is 17.1 Å². The molecule has 1 heterocycles. The van der Waals surface area contributed by atoms with Gasteiger partial charge in [-0.1, -0.05) is 39.0 Å². The second-order valence-electron chi connectivity index (χ2n) is 6.95. The normalized spacial score (nSPS) is 25.6. The minimum absolute atomic E-state index is 0.114. The Balaban J connectivity index is 1.72. The summed E-state index contributed by atoms with van der Waals surface area (Å²) in [7, 11) is 0. The van der Waals surface area contributed by atoms with Gasteiger partial charge in [0.1, 0.15) is 0 Å². The van der Waals surface area contributed by atoms with Crippen LogP contribution in [0.4, 0.5) is 0 Å². The van der Waals surface area contributed by atoms with E-state index in [1.807, 2.05) is 0 Å². The lowest BCUT2D eigenvalue weighted by Crippen LogP contribution is -2.42. The molecule has 0 radical (unpaired) electrons. The molecule has 3 nitrogen and oxygen atoms in total. The Labute approximate surface area is 125 Å². The molecule has 2 rings (SSSR count). The van der Waals surface area contributed by atoms with Gasteiger partial charge < -0.3 is 10.4 Å². The maximum atomic E-state index is 10.4. The summed E-state index contributed by atoms with van der Waals surface area (Å²) in [5.74, 6) is 0.794. The summed E-state index contributed by atoms with van der Waals surface area (Å²) in [6, 6.07) is 0.658. The first-order chi connectivity index (χ1) is 9.78. The molecular formula is C17H34N2O. The number of nitrogens with one attached hydrogen (secondary N) is 1. The molecule has 1 saturated heterocycles. The predicted octanol–water partition coefficient (Wildman–Crippen LogP) is 2.78. The van der Waals surface area contributed by atoms with Gasteiger partial charge in [-0.3, -0.25) is 4.90 Å². The maximum Gasteiger partial charge on any atom is 0.0669 e. The number of aliphatic hydroxyl groups is 1. The van der Waals surface area contributed by atoms with Crippen LogP contribution in [-0.4, -0.2) is 48.3 Å². The SMILES string of the molecule is CCCCN(CC(O)CC1CCCC1)CC1CCCN1. The highest BCUT2D eigenvalue weighted by molar-refractivity contribution is 4.80. The number of hydrogen-bond donors (Lipinski definition) is 2. The zero-order valence-corrected chi connectivity index (χ0v) is 13.3. The standard InChI is InChI=1S/C17H34N2O/c1-2-3-11-19(13-16-9-6-10-18-16)14-17(20)12-15-7-4-5-8-15/h15-18,20H,2-14H2,1H3. The summed E-state index contributed by atoms with van der Waals surface area (Å²) >= 11 is 0. The van der Waals surface area contributed by atoms with Crippen molar-refractivity contribution in [1.29, 1.82) is 0 Å². The molecule has 0 aromatic rings. The molecule has 2 N–H and O–H groups in total. The van der Waals surface area contributed by atoms with Crippen molar-refractivity contribution in [1.82, 2.24) is 10.2 Å². The summed E-state index contributed by atoms with van der Waals surface area (Å²) in [5.41, 5.74) is 0. The van der Waals surface area contributed by atoms with Crippen molar-refractivity contribution in [2.75, 3.05) is 26.2 Å². The van der Waals surface area contributed by atoms with Crippen LogP contribution in [0.3, 0.4) is 0 Å². The van der Waals surface area contributed by atoms with E-state index in [4.69, 9.17) is 0 Å². The van der Waals surface area contributed by atoms with Crippen LogP contribution in [-0.2, 0) is 0 Å². The van der Waals surface area contributed by atoms with Gasteiger partial charge in [0.2, 0.25) is 0 Å². The fraction of sp³-hybridized carbons (Fsp3) is 1.00. The predicted molar refractivity (Wildman–Crippen MR) is 85.0 cm³/mol. The molecule has 3 heteroatoms. The summed E-state index contributed by atoms with van der Waals surface area (Å²) in [4.78, 5) is 2.51. The van der Waals surface area contributed by atoms with Crippen molar-refractivity contribution in [2.45, 2.75) is 76.9 Å². The lowest BCUT2D eigenvalue weighted by atomic mass is 9.99. The summed E-state index contributed by atoms with van der Waals surface area (Å²) < 4.78 is 0. The van der Waals surface area contributed by atoms with Crippen molar-refractivity contribution in [3.05, 3.63) is 0 Å². The Morgan fingerprint density at radius 3 is 2.65 bits per heavy atom.